The zero-order valence-electron chi connectivity index (χ0n) is 22.4. The number of aromatic nitrogens is 1. The van der Waals surface area contributed by atoms with Crippen LogP contribution in [0, 0.1) is 18.6 Å². The van der Waals surface area contributed by atoms with Crippen molar-refractivity contribution in [3.05, 3.63) is 95.2 Å². The summed E-state index contributed by atoms with van der Waals surface area (Å²) in [5, 5.41) is 3.94. The highest BCUT2D eigenvalue weighted by atomic mass is 19.4. The minimum atomic E-state index is -4.54. The highest BCUT2D eigenvalue weighted by Crippen LogP contribution is 2.37. The first kappa shape index (κ1) is 27.4. The lowest BCUT2D eigenvalue weighted by Gasteiger charge is -2.34. The van der Waals surface area contributed by atoms with Crippen LogP contribution in [0.15, 0.2) is 66.7 Å². The van der Waals surface area contributed by atoms with Gasteiger partial charge in [0.05, 0.1) is 11.1 Å². The van der Waals surface area contributed by atoms with Gasteiger partial charge in [0.15, 0.2) is 0 Å². The number of fused-ring (bicyclic) bond motifs is 3. The maximum atomic E-state index is 14.1. The molecule has 0 radical (unpaired) electrons. The van der Waals surface area contributed by atoms with Crippen molar-refractivity contribution in [2.75, 3.05) is 31.6 Å². The topological polar surface area (TPSA) is 40.6 Å². The van der Waals surface area contributed by atoms with E-state index in [2.05, 4.69) is 20.1 Å². The van der Waals surface area contributed by atoms with Crippen molar-refractivity contribution in [3.8, 4) is 5.75 Å². The molecule has 2 fully saturated rings. The predicted molar refractivity (Wildman–Crippen MR) is 147 cm³/mol. The minimum Gasteiger partial charge on any atom is -0.492 e. The van der Waals surface area contributed by atoms with Gasteiger partial charge in [-0.05, 0) is 49.7 Å². The number of nitrogens with zero attached hydrogens (tertiary/aromatic N) is 3. The second-order valence-electron chi connectivity index (χ2n) is 10.7. The van der Waals surface area contributed by atoms with Crippen molar-refractivity contribution in [2.45, 2.75) is 38.1 Å². The molecule has 3 aromatic carbocycles. The zero-order chi connectivity index (χ0) is 28.7. The number of likely N-dealkylation sites (tertiary alicyclic amines) is 2. The molecule has 1 N–H and O–H groups in total. The number of para-hydroxylation sites is 1. The number of hydrogen-bond acceptors (Lipinski definition) is 5. The molecule has 0 unspecified atom stereocenters. The lowest BCUT2D eigenvalue weighted by molar-refractivity contribution is -0.137. The molecule has 1 aromatic heterocycles. The van der Waals surface area contributed by atoms with Crippen LogP contribution < -0.4 is 10.1 Å². The number of aryl methyl sites for hydroxylation is 1. The van der Waals surface area contributed by atoms with E-state index >= 15 is 0 Å². The van der Waals surface area contributed by atoms with E-state index in [1.165, 1.54) is 18.2 Å². The van der Waals surface area contributed by atoms with Crippen LogP contribution in [0.1, 0.15) is 23.2 Å². The number of alkyl halides is 3. The number of piperazine rings is 1. The molecule has 2 aliphatic heterocycles. The van der Waals surface area contributed by atoms with Crippen LogP contribution in [-0.4, -0.2) is 53.1 Å². The van der Waals surface area contributed by atoms with E-state index in [4.69, 9.17) is 4.74 Å². The van der Waals surface area contributed by atoms with Crippen LogP contribution in [0.5, 0.6) is 5.75 Å². The normalized spacial score (nSPS) is 19.3. The van der Waals surface area contributed by atoms with Crippen molar-refractivity contribution < 1.29 is 26.7 Å². The fraction of sp³-hybridized carbons (Fsp3) is 0.323. The third-order valence-electron chi connectivity index (χ3n) is 7.89. The first-order chi connectivity index (χ1) is 19.6. The fourth-order valence-electron chi connectivity index (χ4n) is 5.95. The number of anilines is 2. The van der Waals surface area contributed by atoms with Gasteiger partial charge in [0.2, 0.25) is 0 Å². The number of rotatable bonds is 8. The third-order valence-corrected chi connectivity index (χ3v) is 7.89. The van der Waals surface area contributed by atoms with Crippen molar-refractivity contribution in [2.24, 2.45) is 0 Å². The Morgan fingerprint density at radius 3 is 2.39 bits per heavy atom. The van der Waals surface area contributed by atoms with Crippen LogP contribution in [0.25, 0.3) is 10.9 Å². The summed E-state index contributed by atoms with van der Waals surface area (Å²) in [4.78, 5) is 8.82. The molecular formula is C31H29F5N4O. The van der Waals surface area contributed by atoms with Crippen LogP contribution >= 0.6 is 0 Å². The van der Waals surface area contributed by atoms with Gasteiger partial charge < -0.3 is 10.1 Å². The Balaban J connectivity index is 1.11. The number of benzene rings is 3. The van der Waals surface area contributed by atoms with E-state index in [-0.39, 0.29) is 42.2 Å². The summed E-state index contributed by atoms with van der Waals surface area (Å²) in [6.45, 7) is 4.19. The largest absolute Gasteiger partial charge is 0.492 e. The van der Waals surface area contributed by atoms with Gasteiger partial charge in [0, 0.05) is 72.3 Å². The summed E-state index contributed by atoms with van der Waals surface area (Å²) in [6, 6.07) is 17.2. The van der Waals surface area contributed by atoms with Gasteiger partial charge in [0.1, 0.15) is 24.0 Å². The molecule has 0 spiro atoms. The van der Waals surface area contributed by atoms with E-state index < -0.39 is 23.4 Å². The second kappa shape index (κ2) is 10.9. The molecule has 4 aromatic rings. The first-order valence-corrected chi connectivity index (χ1v) is 13.5. The van der Waals surface area contributed by atoms with Crippen molar-refractivity contribution >= 4 is 22.3 Å². The zero-order valence-corrected chi connectivity index (χ0v) is 22.4. The number of halogens is 5. The quantitative estimate of drug-likeness (QED) is 0.234. The van der Waals surface area contributed by atoms with Crippen LogP contribution in [-0.2, 0) is 12.7 Å². The van der Waals surface area contributed by atoms with Crippen molar-refractivity contribution in [3.63, 3.8) is 0 Å². The predicted octanol–water partition coefficient (Wildman–Crippen LogP) is 6.92. The average Bonchev–Trinajstić information content (AvgIpc) is 3.50. The summed E-state index contributed by atoms with van der Waals surface area (Å²) in [5.41, 5.74) is 1.69. The van der Waals surface area contributed by atoms with Crippen LogP contribution in [0.2, 0.25) is 0 Å². The fourth-order valence-corrected chi connectivity index (χ4v) is 5.95. The molecule has 2 aliphatic rings. The van der Waals surface area contributed by atoms with E-state index in [1.807, 2.05) is 31.2 Å². The summed E-state index contributed by atoms with van der Waals surface area (Å²) in [7, 11) is 0. The van der Waals surface area contributed by atoms with E-state index in [1.54, 1.807) is 12.1 Å². The summed E-state index contributed by atoms with van der Waals surface area (Å²) in [6.07, 6.45) is -3.66. The van der Waals surface area contributed by atoms with Gasteiger partial charge in [-0.1, -0.05) is 24.3 Å². The van der Waals surface area contributed by atoms with Crippen molar-refractivity contribution in [1.29, 1.82) is 0 Å². The Morgan fingerprint density at radius 1 is 0.927 bits per heavy atom. The maximum absolute atomic E-state index is 14.1. The van der Waals surface area contributed by atoms with E-state index in [0.717, 1.165) is 35.2 Å². The standard InChI is InChI=1S/C31H29F5N4O/c1-19-11-30(25-5-2-3-8-29(25)37-19)38-21-12-20(31(34,35)36)13-24(14-21)41-10-9-39-16-23-15-22(39)17-40(23)18-26-27(32)6-4-7-28(26)33/h2-8,11-14,22-23H,9-10,15-18H2,1H3,(H,37,38)/t22-,23-/m0/s1. The summed E-state index contributed by atoms with van der Waals surface area (Å²) >= 11 is 0. The van der Waals surface area contributed by atoms with Crippen molar-refractivity contribution in [1.82, 2.24) is 14.8 Å². The average molecular weight is 569 g/mol. The van der Waals surface area contributed by atoms with E-state index in [0.29, 0.717) is 25.3 Å². The molecule has 2 atom stereocenters. The van der Waals surface area contributed by atoms with E-state index in [9.17, 15) is 22.0 Å². The molecule has 0 aliphatic carbocycles. The molecule has 214 valence electrons. The Labute approximate surface area is 234 Å². The molecular weight excluding hydrogens is 539 g/mol. The summed E-state index contributed by atoms with van der Waals surface area (Å²) < 4.78 is 75.4. The number of nitrogens with one attached hydrogen (secondary N) is 1. The lowest BCUT2D eigenvalue weighted by Crippen LogP contribution is -2.47. The van der Waals surface area contributed by atoms with Gasteiger partial charge in [-0.25, -0.2) is 8.78 Å². The molecule has 10 heteroatoms. The first-order valence-electron chi connectivity index (χ1n) is 13.5. The van der Waals surface area contributed by atoms with Gasteiger partial charge >= 0.3 is 6.18 Å². The van der Waals surface area contributed by atoms with Gasteiger partial charge in [-0.2, -0.15) is 13.2 Å². The van der Waals surface area contributed by atoms with Gasteiger partial charge in [-0.15, -0.1) is 0 Å². The molecule has 2 saturated heterocycles. The molecule has 0 amide bonds. The summed E-state index contributed by atoms with van der Waals surface area (Å²) in [5.74, 6) is -0.959. The Bertz CT molecular complexity index is 1560. The third kappa shape index (κ3) is 5.85. The minimum absolute atomic E-state index is 0.0822. The Hall–Kier alpha value is -3.76. The highest BCUT2D eigenvalue weighted by molar-refractivity contribution is 5.93. The van der Waals surface area contributed by atoms with Crippen LogP contribution in [0.4, 0.5) is 33.3 Å². The molecule has 2 bridgehead atoms. The SMILES string of the molecule is Cc1cc(Nc2cc(OCCN3C[C@@H]4C[C@H]3CN4Cc3c(F)cccc3F)cc(C(F)(F)F)c2)c2ccccc2n1. The smallest absolute Gasteiger partial charge is 0.416 e. The number of pyridine rings is 1. The Morgan fingerprint density at radius 2 is 1.66 bits per heavy atom. The highest BCUT2D eigenvalue weighted by Gasteiger charge is 2.43. The molecule has 41 heavy (non-hydrogen) atoms. The molecule has 3 heterocycles. The number of ether oxygens (including phenoxy) is 1. The maximum Gasteiger partial charge on any atom is 0.416 e. The lowest BCUT2D eigenvalue weighted by atomic mass is 10.1. The monoisotopic (exact) mass is 568 g/mol. The van der Waals surface area contributed by atoms with Crippen LogP contribution in [0.3, 0.4) is 0 Å². The molecule has 6 rings (SSSR count). The van der Waals surface area contributed by atoms with Gasteiger partial charge in [0.25, 0.3) is 0 Å². The second-order valence-corrected chi connectivity index (χ2v) is 10.7. The van der Waals surface area contributed by atoms with Gasteiger partial charge in [-0.3, -0.25) is 14.8 Å². The molecule has 0 saturated carbocycles. The molecule has 5 nitrogen and oxygen atoms in total. The number of hydrogen-bond donors (Lipinski definition) is 1. The Kier molecular flexibility index (Phi) is 7.29.